The third-order valence-electron chi connectivity index (χ3n) is 7.73. The summed E-state index contributed by atoms with van der Waals surface area (Å²) in [6, 6.07) is 10.7. The molecule has 6 rings (SSSR count). The predicted octanol–water partition coefficient (Wildman–Crippen LogP) is 4.77. The first-order valence-electron chi connectivity index (χ1n) is 11.2. The molecule has 170 valence electrons. The summed E-state index contributed by atoms with van der Waals surface area (Å²) >= 11 is 0. The van der Waals surface area contributed by atoms with Crippen LogP contribution in [0.5, 0.6) is 0 Å². The molecule has 3 heterocycles. The fourth-order valence-electron chi connectivity index (χ4n) is 6.08. The van der Waals surface area contributed by atoms with Gasteiger partial charge in [0.25, 0.3) is 0 Å². The molecule has 1 N–H and O–H groups in total. The standard InChI is InChI=1S/C26H21F2N5O/c1-25(2)16-6-9-26(25,20-8-11-30-24(31-20)14-7-10-29-21(34)12-14)23-15(16)13-19(32-33-23)22-17(27)4-3-5-18(22)28/h3-5,7-8,10-13,16H,6,9H2,1-2H3,(H,29,34)/t16-,26?/m0/s1. The second-order valence-corrected chi connectivity index (χ2v) is 9.56. The molecule has 0 amide bonds. The van der Waals surface area contributed by atoms with Gasteiger partial charge in [-0.1, -0.05) is 19.9 Å². The predicted molar refractivity (Wildman–Crippen MR) is 122 cm³/mol. The van der Waals surface area contributed by atoms with Gasteiger partial charge in [0.15, 0.2) is 5.82 Å². The van der Waals surface area contributed by atoms with Gasteiger partial charge in [-0.05, 0) is 60.1 Å². The lowest BCUT2D eigenvalue weighted by Crippen LogP contribution is -2.38. The van der Waals surface area contributed by atoms with Crippen molar-refractivity contribution in [2.45, 2.75) is 38.0 Å². The van der Waals surface area contributed by atoms with E-state index in [1.807, 2.05) is 6.07 Å². The fourth-order valence-corrected chi connectivity index (χ4v) is 6.08. The van der Waals surface area contributed by atoms with Crippen molar-refractivity contribution in [3.05, 3.63) is 93.8 Å². The van der Waals surface area contributed by atoms with Gasteiger partial charge in [-0.25, -0.2) is 18.7 Å². The SMILES string of the molecule is CC1(C)[C@H]2CCC1(c1ccnc(-c3cc[nH]c(=O)c3)n1)c1nnc(-c3c(F)cccc3F)cc12. The number of hydrogen-bond acceptors (Lipinski definition) is 5. The van der Waals surface area contributed by atoms with Crippen molar-refractivity contribution >= 4 is 0 Å². The van der Waals surface area contributed by atoms with Crippen LogP contribution in [0.4, 0.5) is 8.78 Å². The first-order valence-corrected chi connectivity index (χ1v) is 11.2. The second-order valence-electron chi connectivity index (χ2n) is 9.56. The van der Waals surface area contributed by atoms with E-state index in [4.69, 9.17) is 4.98 Å². The molecule has 2 aliphatic rings. The average Bonchev–Trinajstić information content (AvgIpc) is 3.20. The summed E-state index contributed by atoms with van der Waals surface area (Å²) in [6.07, 6.45) is 4.99. The first kappa shape index (κ1) is 20.8. The Kier molecular flexibility index (Phi) is 4.33. The Labute approximate surface area is 194 Å². The van der Waals surface area contributed by atoms with Gasteiger partial charge in [0.1, 0.15) is 11.6 Å². The van der Waals surface area contributed by atoms with Crippen LogP contribution in [-0.2, 0) is 5.41 Å². The molecule has 2 bridgehead atoms. The minimum atomic E-state index is -0.662. The fraction of sp³-hybridized carbons (Fsp3) is 0.269. The van der Waals surface area contributed by atoms with E-state index in [-0.39, 0.29) is 28.1 Å². The highest BCUT2D eigenvalue weighted by molar-refractivity contribution is 5.64. The highest BCUT2D eigenvalue weighted by Gasteiger charge is 2.65. The Morgan fingerprint density at radius 3 is 2.62 bits per heavy atom. The number of H-pyrrole nitrogens is 1. The van der Waals surface area contributed by atoms with Gasteiger partial charge in [-0.15, -0.1) is 5.10 Å². The highest BCUT2D eigenvalue weighted by Crippen LogP contribution is 2.69. The third kappa shape index (κ3) is 2.68. The summed E-state index contributed by atoms with van der Waals surface area (Å²) < 4.78 is 28.9. The maximum atomic E-state index is 14.5. The lowest BCUT2D eigenvalue weighted by Gasteiger charge is -2.37. The topological polar surface area (TPSA) is 84.4 Å². The van der Waals surface area contributed by atoms with Gasteiger partial charge in [0.2, 0.25) is 5.56 Å². The first-order chi connectivity index (χ1) is 16.3. The Morgan fingerprint density at radius 2 is 1.85 bits per heavy atom. The maximum Gasteiger partial charge on any atom is 0.248 e. The molecular weight excluding hydrogens is 436 g/mol. The van der Waals surface area contributed by atoms with Crippen molar-refractivity contribution in [1.82, 2.24) is 25.1 Å². The molecule has 0 aliphatic heterocycles. The summed E-state index contributed by atoms with van der Waals surface area (Å²) in [5.41, 5.74) is 2.22. The van der Waals surface area contributed by atoms with Crippen molar-refractivity contribution in [2.24, 2.45) is 5.41 Å². The van der Waals surface area contributed by atoms with Crippen LogP contribution in [0.1, 0.15) is 49.6 Å². The van der Waals surface area contributed by atoms with E-state index in [0.29, 0.717) is 11.4 Å². The molecule has 1 saturated carbocycles. The maximum absolute atomic E-state index is 14.5. The minimum Gasteiger partial charge on any atom is -0.329 e. The Bertz CT molecular complexity index is 1500. The molecule has 2 aliphatic carbocycles. The monoisotopic (exact) mass is 457 g/mol. The molecule has 8 heteroatoms. The minimum absolute atomic E-state index is 0.143. The van der Waals surface area contributed by atoms with Gasteiger partial charge in [-0.2, -0.15) is 5.10 Å². The van der Waals surface area contributed by atoms with Crippen LogP contribution in [-0.4, -0.2) is 25.1 Å². The van der Waals surface area contributed by atoms with Gasteiger partial charge < -0.3 is 4.98 Å². The smallest absolute Gasteiger partial charge is 0.248 e. The molecule has 3 aromatic heterocycles. The van der Waals surface area contributed by atoms with Gasteiger partial charge in [0, 0.05) is 24.0 Å². The number of hydrogen-bond donors (Lipinski definition) is 1. The molecule has 0 radical (unpaired) electrons. The van der Waals surface area contributed by atoms with Crippen LogP contribution in [0, 0.1) is 17.0 Å². The molecule has 4 aromatic rings. The lowest BCUT2D eigenvalue weighted by molar-refractivity contribution is 0.243. The number of rotatable bonds is 3. The number of fused-ring (bicyclic) bond motifs is 5. The normalized spacial score (nSPS) is 22.1. The number of aromatic amines is 1. The van der Waals surface area contributed by atoms with Crippen LogP contribution >= 0.6 is 0 Å². The van der Waals surface area contributed by atoms with Crippen molar-refractivity contribution in [2.75, 3.05) is 0 Å². The Hall–Kier alpha value is -3.81. The van der Waals surface area contributed by atoms with Crippen LogP contribution in [0.15, 0.2) is 59.7 Å². The molecular formula is C26H21F2N5O. The van der Waals surface area contributed by atoms with Crippen molar-refractivity contribution in [3.63, 3.8) is 0 Å². The summed E-state index contributed by atoms with van der Waals surface area (Å²) in [4.78, 5) is 23.7. The van der Waals surface area contributed by atoms with E-state index in [2.05, 4.69) is 34.0 Å². The molecule has 0 saturated heterocycles. The number of benzene rings is 1. The van der Waals surface area contributed by atoms with Crippen LogP contribution in [0.3, 0.4) is 0 Å². The van der Waals surface area contributed by atoms with Crippen LogP contribution < -0.4 is 5.56 Å². The second kappa shape index (κ2) is 7.09. The van der Waals surface area contributed by atoms with E-state index < -0.39 is 17.0 Å². The largest absolute Gasteiger partial charge is 0.329 e. The Balaban J connectivity index is 1.53. The zero-order chi connectivity index (χ0) is 23.7. The summed E-state index contributed by atoms with van der Waals surface area (Å²) in [5, 5.41) is 8.83. The zero-order valence-corrected chi connectivity index (χ0v) is 18.6. The lowest BCUT2D eigenvalue weighted by atomic mass is 9.66. The summed E-state index contributed by atoms with van der Waals surface area (Å²) in [5.74, 6) is -0.720. The van der Waals surface area contributed by atoms with E-state index in [0.717, 1.165) is 29.8 Å². The molecule has 0 spiro atoms. The van der Waals surface area contributed by atoms with Crippen LogP contribution in [0.25, 0.3) is 22.6 Å². The molecule has 1 fully saturated rings. The van der Waals surface area contributed by atoms with E-state index in [1.165, 1.54) is 24.3 Å². The van der Waals surface area contributed by atoms with Crippen LogP contribution in [0.2, 0.25) is 0 Å². The van der Waals surface area contributed by atoms with Gasteiger partial charge in [-0.3, -0.25) is 4.79 Å². The molecule has 34 heavy (non-hydrogen) atoms. The van der Waals surface area contributed by atoms with E-state index >= 15 is 0 Å². The molecule has 1 unspecified atom stereocenters. The van der Waals surface area contributed by atoms with Crippen molar-refractivity contribution < 1.29 is 8.78 Å². The molecule has 1 aromatic carbocycles. The van der Waals surface area contributed by atoms with Gasteiger partial charge >= 0.3 is 0 Å². The Morgan fingerprint density at radius 1 is 1.06 bits per heavy atom. The number of halogens is 2. The van der Waals surface area contributed by atoms with E-state index in [9.17, 15) is 13.6 Å². The van der Waals surface area contributed by atoms with Gasteiger partial charge in [0.05, 0.1) is 28.1 Å². The number of nitrogens with one attached hydrogen (secondary N) is 1. The summed E-state index contributed by atoms with van der Waals surface area (Å²) in [7, 11) is 0. The molecule has 2 atom stereocenters. The van der Waals surface area contributed by atoms with Crippen molar-refractivity contribution in [3.8, 4) is 22.6 Å². The number of aromatic nitrogens is 5. The quantitative estimate of drug-likeness (QED) is 0.479. The number of nitrogens with zero attached hydrogens (tertiary/aromatic N) is 4. The summed E-state index contributed by atoms with van der Waals surface area (Å²) in [6.45, 7) is 4.37. The number of pyridine rings is 1. The van der Waals surface area contributed by atoms with E-state index in [1.54, 1.807) is 24.5 Å². The molecule has 6 nitrogen and oxygen atoms in total. The van der Waals surface area contributed by atoms with Crippen molar-refractivity contribution in [1.29, 1.82) is 0 Å². The highest BCUT2D eigenvalue weighted by atomic mass is 19.1. The third-order valence-corrected chi connectivity index (χ3v) is 7.73. The average molecular weight is 457 g/mol. The zero-order valence-electron chi connectivity index (χ0n) is 18.6.